The fraction of sp³-hybridized carbons (Fsp3) is 0.318. The van der Waals surface area contributed by atoms with Gasteiger partial charge in [-0.1, -0.05) is 23.4 Å². The summed E-state index contributed by atoms with van der Waals surface area (Å²) >= 11 is 0. The van der Waals surface area contributed by atoms with Gasteiger partial charge in [0.05, 0.1) is 23.8 Å². The van der Waals surface area contributed by atoms with E-state index in [2.05, 4.69) is 15.8 Å². The average molecular weight is 499 g/mol. The number of carbonyl (C=O) groups excluding carboxylic acids is 2. The molecule has 2 aromatic carbocycles. The van der Waals surface area contributed by atoms with Gasteiger partial charge in [0.2, 0.25) is 5.91 Å². The molecule has 0 aliphatic carbocycles. The first-order valence-electron chi connectivity index (χ1n) is 10.2. The Morgan fingerprint density at radius 3 is 2.68 bits per heavy atom. The zero-order valence-electron chi connectivity index (χ0n) is 18.2. The fourth-order valence-electron chi connectivity index (χ4n) is 3.55. The van der Waals surface area contributed by atoms with Crippen LogP contribution in [0.5, 0.6) is 5.75 Å². The van der Waals surface area contributed by atoms with Gasteiger partial charge >= 0.3 is 6.18 Å². The molecule has 2 atom stereocenters. The lowest BCUT2D eigenvalue weighted by molar-refractivity contribution is -0.139. The van der Waals surface area contributed by atoms with Gasteiger partial charge < -0.3 is 24.8 Å². The van der Waals surface area contributed by atoms with Crippen molar-refractivity contribution in [3.8, 4) is 5.75 Å². The van der Waals surface area contributed by atoms with E-state index in [4.69, 9.17) is 9.26 Å². The highest BCUT2D eigenvalue weighted by atomic mass is 35.5. The molecule has 1 aromatic heterocycles. The molecule has 0 radical (unpaired) electrons. The van der Waals surface area contributed by atoms with Crippen LogP contribution in [0.1, 0.15) is 18.2 Å². The van der Waals surface area contributed by atoms with Crippen molar-refractivity contribution in [1.82, 2.24) is 15.8 Å². The van der Waals surface area contributed by atoms with Gasteiger partial charge in [-0.15, -0.1) is 12.4 Å². The number of rotatable bonds is 5. The van der Waals surface area contributed by atoms with E-state index in [1.165, 1.54) is 12.1 Å². The van der Waals surface area contributed by atoms with Crippen LogP contribution in [0.3, 0.4) is 0 Å². The largest absolute Gasteiger partial charge is 0.488 e. The van der Waals surface area contributed by atoms with Crippen LogP contribution in [-0.4, -0.2) is 42.7 Å². The summed E-state index contributed by atoms with van der Waals surface area (Å²) in [7, 11) is 1.57. The maximum Gasteiger partial charge on any atom is 0.420 e. The number of para-hydroxylation sites is 2. The molecule has 0 bridgehead atoms. The van der Waals surface area contributed by atoms with Crippen molar-refractivity contribution in [2.75, 3.05) is 18.6 Å². The second kappa shape index (κ2) is 9.90. The number of ether oxygens (including phenoxy) is 1. The number of benzene rings is 2. The summed E-state index contributed by atoms with van der Waals surface area (Å²) in [6.07, 6.45) is -4.70. The number of hydrogen-bond acceptors (Lipinski definition) is 6. The van der Waals surface area contributed by atoms with E-state index in [0.717, 1.165) is 11.0 Å². The number of nitrogens with zero attached hydrogens (tertiary/aromatic N) is 2. The summed E-state index contributed by atoms with van der Waals surface area (Å²) in [5, 5.41) is 9.92. The van der Waals surface area contributed by atoms with E-state index in [0.29, 0.717) is 16.7 Å². The number of hydrogen-bond donors (Lipinski definition) is 2. The summed E-state index contributed by atoms with van der Waals surface area (Å²) in [6.45, 7) is 0.950. The van der Waals surface area contributed by atoms with Gasteiger partial charge in [0.1, 0.15) is 18.3 Å². The normalized spacial score (nSPS) is 16.8. The van der Waals surface area contributed by atoms with Crippen LogP contribution in [0.15, 0.2) is 47.0 Å². The highest BCUT2D eigenvalue weighted by Crippen LogP contribution is 2.43. The number of amides is 2. The third kappa shape index (κ3) is 4.80. The van der Waals surface area contributed by atoms with Crippen LogP contribution in [0.2, 0.25) is 0 Å². The summed E-state index contributed by atoms with van der Waals surface area (Å²) in [6, 6.07) is 8.56. The number of carbonyl (C=O) groups is 2. The van der Waals surface area contributed by atoms with Crippen molar-refractivity contribution >= 4 is 40.9 Å². The van der Waals surface area contributed by atoms with Gasteiger partial charge in [-0.05, 0) is 38.2 Å². The van der Waals surface area contributed by atoms with E-state index < -0.39 is 48.0 Å². The molecule has 34 heavy (non-hydrogen) atoms. The highest BCUT2D eigenvalue weighted by Gasteiger charge is 2.40. The maximum atomic E-state index is 13.7. The van der Waals surface area contributed by atoms with Crippen molar-refractivity contribution in [2.24, 2.45) is 0 Å². The van der Waals surface area contributed by atoms with E-state index >= 15 is 0 Å². The van der Waals surface area contributed by atoms with Crippen LogP contribution in [0.4, 0.5) is 18.9 Å². The Morgan fingerprint density at radius 2 is 1.97 bits per heavy atom. The monoisotopic (exact) mass is 498 g/mol. The number of likely N-dealkylation sites (N-methyl/N-ethyl adjacent to an activating group) is 1. The average Bonchev–Trinajstić information content (AvgIpc) is 3.15. The van der Waals surface area contributed by atoms with Crippen molar-refractivity contribution < 1.29 is 32.0 Å². The second-order valence-electron chi connectivity index (χ2n) is 7.58. The Kier molecular flexibility index (Phi) is 7.37. The van der Waals surface area contributed by atoms with Gasteiger partial charge in [0.15, 0.2) is 11.3 Å². The van der Waals surface area contributed by atoms with E-state index in [1.807, 2.05) is 0 Å². The third-order valence-corrected chi connectivity index (χ3v) is 5.45. The number of anilines is 1. The van der Waals surface area contributed by atoms with Gasteiger partial charge in [0.25, 0.3) is 5.91 Å². The predicted octanol–water partition coefficient (Wildman–Crippen LogP) is 3.29. The molecule has 2 heterocycles. The first kappa shape index (κ1) is 25.3. The van der Waals surface area contributed by atoms with Crippen LogP contribution in [0, 0.1) is 0 Å². The zero-order valence-corrected chi connectivity index (χ0v) is 19.0. The Labute approximate surface area is 198 Å². The molecule has 0 saturated heterocycles. The molecule has 2 amide bonds. The Bertz CT molecular complexity index is 1200. The third-order valence-electron chi connectivity index (χ3n) is 5.45. The molecule has 1 aliphatic rings. The minimum absolute atomic E-state index is 0. The van der Waals surface area contributed by atoms with Crippen molar-refractivity contribution in [1.29, 1.82) is 0 Å². The molecule has 182 valence electrons. The molecule has 1 aliphatic heterocycles. The number of aromatic nitrogens is 1. The molecule has 0 saturated carbocycles. The predicted molar refractivity (Wildman–Crippen MR) is 120 cm³/mol. The summed E-state index contributed by atoms with van der Waals surface area (Å²) in [5.41, 5.74) is -0.250. The van der Waals surface area contributed by atoms with Gasteiger partial charge in [0, 0.05) is 5.39 Å². The summed E-state index contributed by atoms with van der Waals surface area (Å²) < 4.78 is 51.8. The minimum atomic E-state index is -4.70. The summed E-state index contributed by atoms with van der Waals surface area (Å²) in [5.74, 6) is -1.60. The van der Waals surface area contributed by atoms with Gasteiger partial charge in [-0.2, -0.15) is 13.2 Å². The zero-order chi connectivity index (χ0) is 23.8. The van der Waals surface area contributed by atoms with E-state index in [1.54, 1.807) is 38.2 Å². The lowest BCUT2D eigenvalue weighted by atomic mass is 10.1. The number of alkyl halides is 3. The Hall–Kier alpha value is -3.31. The molecular weight excluding hydrogens is 477 g/mol. The topological polar surface area (TPSA) is 96.7 Å². The Balaban J connectivity index is 0.00000324. The van der Waals surface area contributed by atoms with Crippen LogP contribution in [-0.2, 0) is 22.3 Å². The minimum Gasteiger partial charge on any atom is -0.488 e. The lowest BCUT2D eigenvalue weighted by Gasteiger charge is -2.25. The number of nitrogens with one attached hydrogen (secondary N) is 2. The molecule has 3 aromatic rings. The summed E-state index contributed by atoms with van der Waals surface area (Å²) in [4.78, 5) is 27.0. The van der Waals surface area contributed by atoms with E-state index in [-0.39, 0.29) is 24.6 Å². The molecule has 2 N–H and O–H groups in total. The first-order valence-corrected chi connectivity index (χ1v) is 10.2. The first-order chi connectivity index (χ1) is 15.7. The Morgan fingerprint density at radius 1 is 1.24 bits per heavy atom. The van der Waals surface area contributed by atoms with Crippen molar-refractivity contribution in [3.63, 3.8) is 0 Å². The van der Waals surface area contributed by atoms with E-state index in [9.17, 15) is 22.8 Å². The number of halogens is 4. The molecule has 0 spiro atoms. The molecule has 8 nitrogen and oxygen atoms in total. The quantitative estimate of drug-likeness (QED) is 0.560. The van der Waals surface area contributed by atoms with Crippen LogP contribution >= 0.6 is 12.4 Å². The SMILES string of the molecule is CN[C@@H](C)C(=O)N[C@H]1COc2c(cccc2C(F)(F)F)N(Cc2noc3ccccc23)C1=O.Cl. The molecular formula is C22H22ClF3N4O4. The molecule has 0 unspecified atom stereocenters. The van der Waals surface area contributed by atoms with Crippen molar-refractivity contribution in [3.05, 3.63) is 53.7 Å². The second-order valence-corrected chi connectivity index (χ2v) is 7.58. The lowest BCUT2D eigenvalue weighted by Crippen LogP contribution is -2.53. The standard InChI is InChI=1S/C22H21F3N4O4.ClH/c1-12(26-2)20(30)27-16-11-32-19-14(22(23,24)25)7-5-8-17(19)29(21(16)31)10-15-13-6-3-4-9-18(13)33-28-15;/h3-9,12,16,26H,10-11H2,1-2H3,(H,27,30);1H/t12-,16-;/m0./s1. The van der Waals surface area contributed by atoms with Gasteiger partial charge in [-0.3, -0.25) is 9.59 Å². The molecule has 4 rings (SSSR count). The smallest absolute Gasteiger partial charge is 0.420 e. The van der Waals surface area contributed by atoms with Crippen molar-refractivity contribution in [2.45, 2.75) is 31.7 Å². The molecule has 0 fully saturated rings. The van der Waals surface area contributed by atoms with Gasteiger partial charge in [-0.25, -0.2) is 0 Å². The number of fused-ring (bicyclic) bond motifs is 2. The fourth-order valence-corrected chi connectivity index (χ4v) is 3.55. The maximum absolute atomic E-state index is 13.7. The van der Waals surface area contributed by atoms with Crippen LogP contribution < -0.4 is 20.3 Å². The highest BCUT2D eigenvalue weighted by molar-refractivity contribution is 6.02. The van der Waals surface area contributed by atoms with Crippen LogP contribution in [0.25, 0.3) is 11.0 Å². The molecule has 12 heteroatoms.